The van der Waals surface area contributed by atoms with Gasteiger partial charge in [0.05, 0.1) is 5.69 Å². The highest BCUT2D eigenvalue weighted by Gasteiger charge is 2.61. The summed E-state index contributed by atoms with van der Waals surface area (Å²) >= 11 is 0. The molecule has 1 nitrogen and oxygen atoms in total. The third-order valence-corrected chi connectivity index (χ3v) is 16.9. The van der Waals surface area contributed by atoms with Gasteiger partial charge >= 0.3 is 0 Å². The van der Waals surface area contributed by atoms with Gasteiger partial charge in [-0.1, -0.05) is 133 Å². The van der Waals surface area contributed by atoms with E-state index < -0.39 is 0 Å². The Hall–Kier alpha value is -4.88. The summed E-state index contributed by atoms with van der Waals surface area (Å²) in [5.41, 5.74) is 21.5. The number of rotatable bonds is 4. The molecule has 6 aromatic carbocycles. The largest absolute Gasteiger partial charge is 0.310 e. The number of nitrogens with zero attached hydrogens (tertiary/aromatic N) is 1. The van der Waals surface area contributed by atoms with Crippen LogP contribution in [0.4, 0.5) is 17.1 Å². The van der Waals surface area contributed by atoms with Crippen molar-refractivity contribution in [1.82, 2.24) is 0 Å². The molecule has 0 aliphatic heterocycles. The third-order valence-electron chi connectivity index (χ3n) is 16.9. The molecule has 7 aliphatic rings. The highest BCUT2D eigenvalue weighted by atomic mass is 15.1. The average Bonchev–Trinajstić information content (AvgIpc) is 3.65. The zero-order valence-corrected chi connectivity index (χ0v) is 35.3. The van der Waals surface area contributed by atoms with Gasteiger partial charge in [0.1, 0.15) is 0 Å². The van der Waals surface area contributed by atoms with E-state index in [0.29, 0.717) is 0 Å². The molecule has 0 atom stereocenters. The summed E-state index contributed by atoms with van der Waals surface area (Å²) in [5, 5.41) is 0. The van der Waals surface area contributed by atoms with Crippen molar-refractivity contribution in [3.8, 4) is 33.4 Å². The molecule has 13 rings (SSSR count). The molecule has 0 aromatic heterocycles. The molecule has 0 N–H and O–H groups in total. The summed E-state index contributed by atoms with van der Waals surface area (Å²) in [6.45, 7) is 14.6. The van der Waals surface area contributed by atoms with Crippen LogP contribution in [-0.4, -0.2) is 0 Å². The minimum absolute atomic E-state index is 0.117. The molecule has 4 fully saturated rings. The Morgan fingerprint density at radius 3 is 1.71 bits per heavy atom. The SMILES string of the molecule is CC1(C)CCC(C)(C)c2cc(N(c3ccc(-c4ccc5c(c4)C4(c6ccccc6-5)C5CC6CC(C5)CC4C6)cc3)c3cccc4c3C(C)(C)c3ccccc3-4)ccc21. The number of hydrogen-bond donors (Lipinski definition) is 0. The first-order chi connectivity index (χ1) is 27.9. The minimum atomic E-state index is -0.133. The molecule has 290 valence electrons. The van der Waals surface area contributed by atoms with Crippen LogP contribution >= 0.6 is 0 Å². The smallest absolute Gasteiger partial charge is 0.0508 e. The van der Waals surface area contributed by atoms with E-state index >= 15 is 0 Å². The molecule has 0 heterocycles. The molecule has 1 spiro atoms. The lowest BCUT2D eigenvalue weighted by molar-refractivity contribution is -0.0399. The second-order valence-electron chi connectivity index (χ2n) is 21.2. The minimum Gasteiger partial charge on any atom is -0.310 e. The number of hydrogen-bond acceptors (Lipinski definition) is 1. The van der Waals surface area contributed by atoms with E-state index in [1.54, 1.807) is 11.1 Å². The van der Waals surface area contributed by atoms with Gasteiger partial charge in [0.2, 0.25) is 0 Å². The molecule has 0 radical (unpaired) electrons. The Labute approximate surface area is 346 Å². The van der Waals surface area contributed by atoms with Crippen molar-refractivity contribution < 1.29 is 0 Å². The van der Waals surface area contributed by atoms with Gasteiger partial charge in [0.25, 0.3) is 0 Å². The van der Waals surface area contributed by atoms with Crippen LogP contribution in [0.5, 0.6) is 0 Å². The van der Waals surface area contributed by atoms with Crippen molar-refractivity contribution in [3.05, 3.63) is 161 Å². The maximum absolute atomic E-state index is 2.64. The van der Waals surface area contributed by atoms with Crippen molar-refractivity contribution in [3.63, 3.8) is 0 Å². The Bertz CT molecular complexity index is 2640. The first-order valence-corrected chi connectivity index (χ1v) is 22.5. The normalized spacial score (nSPS) is 26.8. The number of fused-ring (bicyclic) bond motifs is 7. The third kappa shape index (κ3) is 4.65. The zero-order valence-electron chi connectivity index (χ0n) is 35.3. The monoisotopic (exact) mass is 755 g/mol. The van der Waals surface area contributed by atoms with Crippen molar-refractivity contribution in [2.24, 2.45) is 23.7 Å². The molecule has 4 bridgehead atoms. The topological polar surface area (TPSA) is 3.24 Å². The molecular weight excluding hydrogens is 699 g/mol. The summed E-state index contributed by atoms with van der Waals surface area (Å²) in [5.74, 6) is 3.43. The molecule has 4 saturated carbocycles. The van der Waals surface area contributed by atoms with Gasteiger partial charge in [-0.15, -0.1) is 0 Å². The van der Waals surface area contributed by atoms with Crippen molar-refractivity contribution in [2.45, 2.75) is 108 Å². The fourth-order valence-corrected chi connectivity index (χ4v) is 14.3. The summed E-state index contributed by atoms with van der Waals surface area (Å²) in [6.07, 6.45) is 9.56. The van der Waals surface area contributed by atoms with Crippen LogP contribution in [0.25, 0.3) is 33.4 Å². The van der Waals surface area contributed by atoms with Gasteiger partial charge in [0.15, 0.2) is 0 Å². The molecule has 7 aliphatic carbocycles. The van der Waals surface area contributed by atoms with Crippen LogP contribution < -0.4 is 4.90 Å². The molecule has 0 saturated heterocycles. The molecule has 1 heteroatoms. The van der Waals surface area contributed by atoms with Gasteiger partial charge in [0, 0.05) is 22.2 Å². The van der Waals surface area contributed by atoms with Gasteiger partial charge in [-0.25, -0.2) is 0 Å². The van der Waals surface area contributed by atoms with Crippen LogP contribution in [0.2, 0.25) is 0 Å². The summed E-state index contributed by atoms with van der Waals surface area (Å²) < 4.78 is 0. The zero-order chi connectivity index (χ0) is 39.3. The van der Waals surface area contributed by atoms with Gasteiger partial charge < -0.3 is 4.90 Å². The average molecular weight is 756 g/mol. The lowest BCUT2D eigenvalue weighted by Gasteiger charge is -2.61. The van der Waals surface area contributed by atoms with E-state index in [9.17, 15) is 0 Å². The quantitative estimate of drug-likeness (QED) is 0.173. The standard InChI is InChI=1S/C57H57N/c1-54(2)26-27-55(3,4)51-34-42(23-25-49(51)54)58(52-17-11-14-46-44-13-7-9-15-47(44)56(5,6)53(46)52)41-21-18-37(19-22-41)38-20-24-45-43-12-8-10-16-48(43)57(50(45)33-38)39-29-35-28-36(31-39)32-40(57)30-35/h7-25,33-36,39-40H,26-32H2,1-6H3. The fraction of sp³-hybridized carbons (Fsp3) is 0.368. The van der Waals surface area contributed by atoms with Crippen LogP contribution in [0, 0.1) is 23.7 Å². The lowest BCUT2D eigenvalue weighted by atomic mass is 9.43. The Kier molecular flexibility index (Phi) is 7.18. The maximum Gasteiger partial charge on any atom is 0.0508 e. The van der Waals surface area contributed by atoms with Crippen molar-refractivity contribution in [2.75, 3.05) is 4.90 Å². The summed E-state index contributed by atoms with van der Waals surface area (Å²) in [4.78, 5) is 2.58. The van der Waals surface area contributed by atoms with Crippen LogP contribution in [0.15, 0.2) is 127 Å². The highest BCUT2D eigenvalue weighted by Crippen LogP contribution is 2.69. The van der Waals surface area contributed by atoms with E-state index in [2.05, 4.69) is 174 Å². The van der Waals surface area contributed by atoms with Crippen LogP contribution in [0.3, 0.4) is 0 Å². The van der Waals surface area contributed by atoms with Crippen molar-refractivity contribution in [1.29, 1.82) is 0 Å². The van der Waals surface area contributed by atoms with E-state index in [0.717, 1.165) is 23.7 Å². The van der Waals surface area contributed by atoms with Crippen LogP contribution in [-0.2, 0) is 21.7 Å². The first-order valence-electron chi connectivity index (χ1n) is 22.5. The van der Waals surface area contributed by atoms with E-state index in [1.807, 2.05) is 0 Å². The summed E-state index contributed by atoms with van der Waals surface area (Å²) in [7, 11) is 0. The van der Waals surface area contributed by atoms with Crippen molar-refractivity contribution >= 4 is 17.1 Å². The molecule has 0 unspecified atom stereocenters. The molecule has 0 amide bonds. The van der Waals surface area contributed by atoms with Gasteiger partial charge in [-0.2, -0.15) is 0 Å². The number of benzene rings is 6. The van der Waals surface area contributed by atoms with Gasteiger partial charge in [-0.3, -0.25) is 0 Å². The Balaban J connectivity index is 1.00. The van der Waals surface area contributed by atoms with E-state index in [1.165, 1.54) is 118 Å². The van der Waals surface area contributed by atoms with Gasteiger partial charge in [-0.05, 0) is 183 Å². The molecule has 6 aromatic rings. The van der Waals surface area contributed by atoms with E-state index in [4.69, 9.17) is 0 Å². The fourth-order valence-electron chi connectivity index (χ4n) is 14.3. The molecular formula is C57H57N. The first kappa shape index (κ1) is 35.1. The maximum atomic E-state index is 2.64. The lowest BCUT2D eigenvalue weighted by Crippen LogP contribution is -2.55. The predicted octanol–water partition coefficient (Wildman–Crippen LogP) is 15.2. The van der Waals surface area contributed by atoms with Crippen LogP contribution in [0.1, 0.15) is 120 Å². The predicted molar refractivity (Wildman–Crippen MR) is 243 cm³/mol. The van der Waals surface area contributed by atoms with E-state index in [-0.39, 0.29) is 21.7 Å². The highest BCUT2D eigenvalue weighted by molar-refractivity contribution is 5.91. The number of anilines is 3. The Morgan fingerprint density at radius 1 is 0.431 bits per heavy atom. The molecule has 58 heavy (non-hydrogen) atoms. The summed E-state index contributed by atoms with van der Waals surface area (Å²) in [6, 6.07) is 50.1. The Morgan fingerprint density at radius 2 is 1.00 bits per heavy atom. The second-order valence-corrected chi connectivity index (χ2v) is 21.2. The second kappa shape index (κ2) is 11.9.